The number of fused-ring (bicyclic) bond motifs is 1. The van der Waals surface area contributed by atoms with Crippen LogP contribution in [-0.4, -0.2) is 4.98 Å². The maximum atomic E-state index is 6.07. The van der Waals surface area contributed by atoms with E-state index < -0.39 is 0 Å². The zero-order valence-corrected chi connectivity index (χ0v) is 12.6. The summed E-state index contributed by atoms with van der Waals surface area (Å²) in [4.78, 5) is 4.41. The summed E-state index contributed by atoms with van der Waals surface area (Å²) >= 11 is 14.3. The number of oxazole rings is 1. The lowest BCUT2D eigenvalue weighted by Gasteiger charge is -1.95. The third-order valence-corrected chi connectivity index (χ3v) is 3.65. The molecule has 0 bridgehead atoms. The SMILES string of the molecule is Clc1cc(Cl)c2oc(-c3cccc(I)c3)nc2c1. The van der Waals surface area contributed by atoms with E-state index in [4.69, 9.17) is 27.6 Å². The first-order valence-electron chi connectivity index (χ1n) is 5.15. The van der Waals surface area contributed by atoms with Crippen LogP contribution in [0, 0.1) is 3.57 Å². The summed E-state index contributed by atoms with van der Waals surface area (Å²) in [5.74, 6) is 0.549. The van der Waals surface area contributed by atoms with Crippen molar-refractivity contribution in [3.63, 3.8) is 0 Å². The summed E-state index contributed by atoms with van der Waals surface area (Å²) in [5.41, 5.74) is 2.15. The fourth-order valence-electron chi connectivity index (χ4n) is 1.70. The van der Waals surface area contributed by atoms with E-state index in [1.807, 2.05) is 24.3 Å². The molecule has 1 aromatic heterocycles. The van der Waals surface area contributed by atoms with Gasteiger partial charge in [0.1, 0.15) is 5.52 Å². The third kappa shape index (κ3) is 2.22. The van der Waals surface area contributed by atoms with Crippen LogP contribution in [0.1, 0.15) is 0 Å². The molecule has 2 nitrogen and oxygen atoms in total. The van der Waals surface area contributed by atoms with Gasteiger partial charge in [0.05, 0.1) is 5.02 Å². The lowest BCUT2D eigenvalue weighted by Crippen LogP contribution is -1.77. The van der Waals surface area contributed by atoms with Crippen molar-refractivity contribution in [1.29, 1.82) is 0 Å². The molecule has 2 aromatic carbocycles. The van der Waals surface area contributed by atoms with Crippen molar-refractivity contribution in [2.24, 2.45) is 0 Å². The van der Waals surface area contributed by atoms with Gasteiger partial charge in [-0.1, -0.05) is 29.3 Å². The Morgan fingerprint density at radius 2 is 1.94 bits per heavy atom. The van der Waals surface area contributed by atoms with Gasteiger partial charge in [0.2, 0.25) is 5.89 Å². The summed E-state index contributed by atoms with van der Waals surface area (Å²) in [6.07, 6.45) is 0. The van der Waals surface area contributed by atoms with Crippen LogP contribution in [0.3, 0.4) is 0 Å². The van der Waals surface area contributed by atoms with Crippen LogP contribution in [0.25, 0.3) is 22.6 Å². The van der Waals surface area contributed by atoms with Crippen LogP contribution < -0.4 is 0 Å². The van der Waals surface area contributed by atoms with Crippen molar-refractivity contribution in [1.82, 2.24) is 4.98 Å². The van der Waals surface area contributed by atoms with E-state index in [1.165, 1.54) is 0 Å². The highest BCUT2D eigenvalue weighted by Crippen LogP contribution is 2.32. The molecule has 5 heteroatoms. The summed E-state index contributed by atoms with van der Waals surface area (Å²) < 4.78 is 6.81. The highest BCUT2D eigenvalue weighted by atomic mass is 127. The van der Waals surface area contributed by atoms with E-state index in [0.717, 1.165) is 9.13 Å². The number of benzene rings is 2. The van der Waals surface area contributed by atoms with E-state index >= 15 is 0 Å². The van der Waals surface area contributed by atoms with Crippen molar-refractivity contribution in [3.8, 4) is 11.5 Å². The van der Waals surface area contributed by atoms with E-state index in [9.17, 15) is 0 Å². The number of rotatable bonds is 1. The van der Waals surface area contributed by atoms with Crippen LogP contribution in [0.5, 0.6) is 0 Å². The molecule has 0 fully saturated rings. The zero-order valence-electron chi connectivity index (χ0n) is 8.95. The summed E-state index contributed by atoms with van der Waals surface area (Å²) in [5, 5.41) is 1.02. The van der Waals surface area contributed by atoms with Gasteiger partial charge in [-0.15, -0.1) is 0 Å². The number of halogens is 3. The Morgan fingerprint density at radius 1 is 1.11 bits per heavy atom. The van der Waals surface area contributed by atoms with Gasteiger partial charge in [-0.2, -0.15) is 0 Å². The minimum Gasteiger partial charge on any atom is -0.435 e. The lowest BCUT2D eigenvalue weighted by atomic mass is 10.2. The Labute approximate surface area is 127 Å². The molecular formula is C13H6Cl2INO. The number of aromatic nitrogens is 1. The van der Waals surface area contributed by atoms with Gasteiger partial charge in [-0.05, 0) is 52.9 Å². The summed E-state index contributed by atoms with van der Waals surface area (Å²) in [6, 6.07) is 11.3. The Bertz CT molecular complexity index is 739. The van der Waals surface area contributed by atoms with Gasteiger partial charge in [0.25, 0.3) is 0 Å². The molecule has 0 N–H and O–H groups in total. The van der Waals surface area contributed by atoms with Crippen LogP contribution in [-0.2, 0) is 0 Å². The van der Waals surface area contributed by atoms with E-state index in [1.54, 1.807) is 12.1 Å². The molecule has 90 valence electrons. The molecule has 3 rings (SSSR count). The van der Waals surface area contributed by atoms with Crippen molar-refractivity contribution in [3.05, 3.63) is 50.0 Å². The maximum Gasteiger partial charge on any atom is 0.227 e. The molecular weight excluding hydrogens is 384 g/mol. The molecule has 0 aliphatic rings. The Morgan fingerprint density at radius 3 is 2.72 bits per heavy atom. The second kappa shape index (κ2) is 4.72. The normalized spacial score (nSPS) is 11.1. The third-order valence-electron chi connectivity index (χ3n) is 2.48. The van der Waals surface area contributed by atoms with Crippen LogP contribution in [0.4, 0.5) is 0 Å². The van der Waals surface area contributed by atoms with Crippen LogP contribution in [0.15, 0.2) is 40.8 Å². The van der Waals surface area contributed by atoms with Crippen LogP contribution >= 0.6 is 45.8 Å². The van der Waals surface area contributed by atoms with E-state index in [0.29, 0.717) is 27.0 Å². The lowest BCUT2D eigenvalue weighted by molar-refractivity contribution is 0.620. The van der Waals surface area contributed by atoms with Crippen LogP contribution in [0.2, 0.25) is 10.0 Å². The molecule has 0 radical (unpaired) electrons. The van der Waals surface area contributed by atoms with Gasteiger partial charge >= 0.3 is 0 Å². The largest absolute Gasteiger partial charge is 0.435 e. The molecule has 0 aliphatic carbocycles. The first-order chi connectivity index (χ1) is 8.63. The van der Waals surface area contributed by atoms with Gasteiger partial charge in [0.15, 0.2) is 5.58 Å². The predicted molar refractivity (Wildman–Crippen MR) is 82.2 cm³/mol. The number of hydrogen-bond donors (Lipinski definition) is 0. The fraction of sp³-hybridized carbons (Fsp3) is 0. The maximum absolute atomic E-state index is 6.07. The molecule has 0 saturated carbocycles. The van der Waals surface area contributed by atoms with Gasteiger partial charge in [0, 0.05) is 14.2 Å². The highest BCUT2D eigenvalue weighted by molar-refractivity contribution is 14.1. The summed E-state index contributed by atoms with van der Waals surface area (Å²) in [7, 11) is 0. The first-order valence-corrected chi connectivity index (χ1v) is 6.98. The second-order valence-electron chi connectivity index (χ2n) is 3.77. The Hall–Kier alpha value is -0.780. The first kappa shape index (κ1) is 12.3. The van der Waals surface area contributed by atoms with E-state index in [-0.39, 0.29) is 0 Å². The molecule has 18 heavy (non-hydrogen) atoms. The quantitative estimate of drug-likeness (QED) is 0.520. The average Bonchev–Trinajstić information content (AvgIpc) is 2.73. The fourth-order valence-corrected chi connectivity index (χ4v) is 2.77. The molecule has 3 aromatic rings. The molecule has 0 spiro atoms. The second-order valence-corrected chi connectivity index (χ2v) is 5.85. The Kier molecular flexibility index (Phi) is 3.21. The van der Waals surface area contributed by atoms with Crippen molar-refractivity contribution in [2.75, 3.05) is 0 Å². The summed E-state index contributed by atoms with van der Waals surface area (Å²) in [6.45, 7) is 0. The van der Waals surface area contributed by atoms with Crippen molar-refractivity contribution in [2.45, 2.75) is 0 Å². The minimum absolute atomic E-state index is 0.474. The monoisotopic (exact) mass is 389 g/mol. The Balaban J connectivity index is 2.22. The zero-order chi connectivity index (χ0) is 12.7. The topological polar surface area (TPSA) is 26.0 Å². The molecule has 0 unspecified atom stereocenters. The molecule has 0 atom stereocenters. The van der Waals surface area contributed by atoms with Gasteiger partial charge in [-0.3, -0.25) is 0 Å². The van der Waals surface area contributed by atoms with Crippen molar-refractivity contribution >= 4 is 56.9 Å². The standard InChI is InChI=1S/C13H6Cl2INO/c14-8-5-10(15)12-11(6-8)17-13(18-12)7-2-1-3-9(16)4-7/h1-6H. The smallest absolute Gasteiger partial charge is 0.227 e. The molecule has 0 saturated heterocycles. The molecule has 1 heterocycles. The highest BCUT2D eigenvalue weighted by Gasteiger charge is 2.12. The number of nitrogens with zero attached hydrogens (tertiary/aromatic N) is 1. The molecule has 0 aliphatic heterocycles. The average molecular weight is 390 g/mol. The predicted octanol–water partition coefficient (Wildman–Crippen LogP) is 5.41. The number of hydrogen-bond acceptors (Lipinski definition) is 2. The van der Waals surface area contributed by atoms with Gasteiger partial charge < -0.3 is 4.42 Å². The molecule has 0 amide bonds. The van der Waals surface area contributed by atoms with E-state index in [2.05, 4.69) is 27.6 Å². The van der Waals surface area contributed by atoms with Crippen molar-refractivity contribution < 1.29 is 4.42 Å². The van der Waals surface area contributed by atoms with Gasteiger partial charge in [-0.25, -0.2) is 4.98 Å². The minimum atomic E-state index is 0.474.